The number of sulfonamides is 1. The summed E-state index contributed by atoms with van der Waals surface area (Å²) in [6.07, 6.45) is 5.71. The number of hydrogen-bond donors (Lipinski definition) is 2. The molecule has 2 aromatic carbocycles. The van der Waals surface area contributed by atoms with Crippen molar-refractivity contribution in [2.45, 2.75) is 62.4 Å². The van der Waals surface area contributed by atoms with E-state index in [1.54, 1.807) is 10.9 Å². The highest BCUT2D eigenvalue weighted by Crippen LogP contribution is 2.42. The maximum Gasteiger partial charge on any atom is 0.264 e. The van der Waals surface area contributed by atoms with Gasteiger partial charge in [-0.05, 0) is 83.3 Å². The van der Waals surface area contributed by atoms with E-state index >= 15 is 8.78 Å². The van der Waals surface area contributed by atoms with Crippen LogP contribution < -0.4 is 10.5 Å². The van der Waals surface area contributed by atoms with Crippen LogP contribution in [0.15, 0.2) is 47.5 Å². The van der Waals surface area contributed by atoms with E-state index in [-0.39, 0.29) is 29.0 Å². The number of nitrogen functional groups attached to an aromatic ring is 1. The Balaban J connectivity index is 1.59. The monoisotopic (exact) mass is 586 g/mol. The van der Waals surface area contributed by atoms with Crippen molar-refractivity contribution in [2.24, 2.45) is 0 Å². The van der Waals surface area contributed by atoms with Gasteiger partial charge < -0.3 is 10.6 Å². The molecule has 1 aliphatic rings. The third kappa shape index (κ3) is 5.38. The zero-order valence-corrected chi connectivity index (χ0v) is 24.1. The van der Waals surface area contributed by atoms with Gasteiger partial charge in [-0.2, -0.15) is 5.10 Å². The largest absolute Gasteiger partial charge is 0.383 e. The number of anilines is 2. The molecule has 0 unspecified atom stereocenters. The SMILES string of the molecule is CC(C)n1nc(-c2cc(F)c(NS(=O)(=O)c3ccccc3F)cc2F)c2c(N)ncc(C3CCC(N(C)C)CC3)c21. The summed E-state index contributed by atoms with van der Waals surface area (Å²) in [7, 11) is -0.359. The Morgan fingerprint density at radius 2 is 1.71 bits per heavy atom. The van der Waals surface area contributed by atoms with E-state index in [0.29, 0.717) is 11.4 Å². The van der Waals surface area contributed by atoms with E-state index in [1.807, 2.05) is 18.6 Å². The van der Waals surface area contributed by atoms with Crippen LogP contribution in [-0.4, -0.2) is 48.2 Å². The number of hydrogen-bond acceptors (Lipinski definition) is 6. The van der Waals surface area contributed by atoms with Crippen molar-refractivity contribution in [1.82, 2.24) is 19.7 Å². The lowest BCUT2D eigenvalue weighted by molar-refractivity contribution is 0.216. The number of pyridine rings is 1. The quantitative estimate of drug-likeness (QED) is 0.272. The normalized spacial score (nSPS) is 18.0. The van der Waals surface area contributed by atoms with Crippen molar-refractivity contribution in [1.29, 1.82) is 0 Å². The number of benzene rings is 2. The molecule has 0 radical (unpaired) electrons. The molecule has 2 heterocycles. The maximum atomic E-state index is 15.6. The van der Waals surface area contributed by atoms with Crippen molar-refractivity contribution in [3.63, 3.8) is 0 Å². The van der Waals surface area contributed by atoms with E-state index in [2.05, 4.69) is 29.1 Å². The molecule has 5 rings (SSSR count). The summed E-state index contributed by atoms with van der Waals surface area (Å²) in [6, 6.07) is 6.62. The Morgan fingerprint density at radius 1 is 1.02 bits per heavy atom. The lowest BCUT2D eigenvalue weighted by atomic mass is 9.81. The fourth-order valence-corrected chi connectivity index (χ4v) is 6.79. The Bertz CT molecular complexity index is 1710. The summed E-state index contributed by atoms with van der Waals surface area (Å²) < 4.78 is 74.2. The molecule has 1 fully saturated rings. The molecule has 8 nitrogen and oxygen atoms in total. The average Bonchev–Trinajstić information content (AvgIpc) is 3.32. The Labute approximate surface area is 237 Å². The van der Waals surface area contributed by atoms with Crippen LogP contribution in [0.4, 0.5) is 24.7 Å². The Morgan fingerprint density at radius 3 is 2.34 bits per heavy atom. The molecule has 218 valence electrons. The number of aromatic nitrogens is 3. The fourth-order valence-electron chi connectivity index (χ4n) is 5.65. The van der Waals surface area contributed by atoms with Crippen LogP contribution in [0.2, 0.25) is 0 Å². The number of rotatable bonds is 7. The van der Waals surface area contributed by atoms with E-state index in [1.165, 1.54) is 12.1 Å². The first-order valence-corrected chi connectivity index (χ1v) is 15.0. The second kappa shape index (κ2) is 11.0. The summed E-state index contributed by atoms with van der Waals surface area (Å²) in [6.45, 7) is 3.88. The second-order valence-electron chi connectivity index (χ2n) is 11.0. The molecule has 12 heteroatoms. The minimum atomic E-state index is -4.52. The van der Waals surface area contributed by atoms with Crippen LogP contribution in [0.1, 0.15) is 57.1 Å². The summed E-state index contributed by atoms with van der Waals surface area (Å²) in [5.41, 5.74) is 7.30. The highest BCUT2D eigenvalue weighted by atomic mass is 32.2. The zero-order valence-electron chi connectivity index (χ0n) is 23.3. The number of nitrogens with two attached hydrogens (primary N) is 1. The number of nitrogens with one attached hydrogen (secondary N) is 1. The smallest absolute Gasteiger partial charge is 0.264 e. The average molecular weight is 587 g/mol. The van der Waals surface area contributed by atoms with Crippen molar-refractivity contribution in [3.05, 3.63) is 65.6 Å². The first kappa shape index (κ1) is 28.9. The van der Waals surface area contributed by atoms with Gasteiger partial charge in [-0.1, -0.05) is 12.1 Å². The minimum absolute atomic E-state index is 0.113. The second-order valence-corrected chi connectivity index (χ2v) is 12.7. The summed E-state index contributed by atoms with van der Waals surface area (Å²) in [5.74, 6) is -2.66. The molecular weight excluding hydrogens is 553 g/mol. The molecule has 0 bridgehead atoms. The van der Waals surface area contributed by atoms with Gasteiger partial charge in [0, 0.05) is 29.9 Å². The van der Waals surface area contributed by atoms with Crippen molar-refractivity contribution < 1.29 is 21.6 Å². The summed E-state index contributed by atoms with van der Waals surface area (Å²) in [5, 5.41) is 5.10. The van der Waals surface area contributed by atoms with Crippen LogP contribution in [-0.2, 0) is 10.0 Å². The lowest BCUT2D eigenvalue weighted by Gasteiger charge is -2.33. The van der Waals surface area contributed by atoms with Gasteiger partial charge in [0.1, 0.15) is 33.9 Å². The van der Waals surface area contributed by atoms with E-state index in [4.69, 9.17) is 5.73 Å². The molecule has 41 heavy (non-hydrogen) atoms. The molecule has 1 saturated carbocycles. The maximum absolute atomic E-state index is 15.6. The highest BCUT2D eigenvalue weighted by Gasteiger charge is 2.30. The predicted octanol–water partition coefficient (Wildman–Crippen LogP) is 6.07. The minimum Gasteiger partial charge on any atom is -0.383 e. The Hall–Kier alpha value is -3.64. The van der Waals surface area contributed by atoms with Crippen LogP contribution in [0, 0.1) is 17.5 Å². The fraction of sp³-hybridized carbons (Fsp3) is 0.379. The van der Waals surface area contributed by atoms with Gasteiger partial charge in [0.25, 0.3) is 10.0 Å². The third-order valence-corrected chi connectivity index (χ3v) is 9.22. The molecule has 0 spiro atoms. The molecule has 0 saturated heterocycles. The van der Waals surface area contributed by atoms with Gasteiger partial charge in [-0.3, -0.25) is 9.40 Å². The molecule has 2 aromatic heterocycles. The van der Waals surface area contributed by atoms with E-state index < -0.39 is 38.1 Å². The van der Waals surface area contributed by atoms with E-state index in [0.717, 1.165) is 61.0 Å². The van der Waals surface area contributed by atoms with Crippen LogP contribution in [0.25, 0.3) is 22.2 Å². The van der Waals surface area contributed by atoms with Crippen LogP contribution in [0.3, 0.4) is 0 Å². The van der Waals surface area contributed by atoms with Crippen molar-refractivity contribution in [2.75, 3.05) is 24.6 Å². The molecule has 4 aromatic rings. The lowest BCUT2D eigenvalue weighted by Crippen LogP contribution is -2.31. The predicted molar refractivity (Wildman–Crippen MR) is 154 cm³/mol. The van der Waals surface area contributed by atoms with Gasteiger partial charge in [-0.25, -0.2) is 26.6 Å². The molecule has 0 atom stereocenters. The van der Waals surface area contributed by atoms with Gasteiger partial charge in [-0.15, -0.1) is 0 Å². The van der Waals surface area contributed by atoms with Gasteiger partial charge in [0.15, 0.2) is 0 Å². The number of fused-ring (bicyclic) bond motifs is 1. The van der Waals surface area contributed by atoms with Gasteiger partial charge in [0.2, 0.25) is 0 Å². The van der Waals surface area contributed by atoms with Crippen molar-refractivity contribution in [3.8, 4) is 11.3 Å². The number of nitrogens with zero attached hydrogens (tertiary/aromatic N) is 4. The highest BCUT2D eigenvalue weighted by molar-refractivity contribution is 7.92. The molecule has 3 N–H and O–H groups in total. The molecule has 1 aliphatic carbocycles. The zero-order chi connectivity index (χ0) is 29.6. The first-order valence-electron chi connectivity index (χ1n) is 13.5. The topological polar surface area (TPSA) is 106 Å². The first-order chi connectivity index (χ1) is 19.4. The number of halogens is 3. The van der Waals surface area contributed by atoms with Crippen LogP contribution in [0.5, 0.6) is 0 Å². The summed E-state index contributed by atoms with van der Waals surface area (Å²) in [4.78, 5) is 5.98. The molecule has 0 aliphatic heterocycles. The van der Waals surface area contributed by atoms with E-state index in [9.17, 15) is 12.8 Å². The van der Waals surface area contributed by atoms with Crippen molar-refractivity contribution >= 4 is 32.4 Å². The molecule has 0 amide bonds. The van der Waals surface area contributed by atoms with Crippen LogP contribution >= 0.6 is 0 Å². The van der Waals surface area contributed by atoms with Gasteiger partial charge >= 0.3 is 0 Å². The molecular formula is C29H33F3N6O2S. The standard InChI is InChI=1S/C29H33F3N6O2S/c1-16(2)38-28-20(17-9-11-18(12-10-17)37(3)4)15-34-29(33)26(28)27(35-38)19-13-23(32)24(14-22(19)31)36-41(39,40)25-8-6-5-7-21(25)30/h5-8,13-18,36H,9-12H2,1-4H3,(H2,33,34). The third-order valence-electron chi connectivity index (χ3n) is 7.82. The summed E-state index contributed by atoms with van der Waals surface area (Å²) >= 11 is 0. The Kier molecular flexibility index (Phi) is 7.73. The van der Waals surface area contributed by atoms with Gasteiger partial charge in [0.05, 0.1) is 16.6 Å².